The second kappa shape index (κ2) is 4.39. The Morgan fingerprint density at radius 1 is 0.789 bits per heavy atom. The fourth-order valence-electron chi connectivity index (χ4n) is 2.55. The van der Waals surface area contributed by atoms with E-state index in [0.717, 1.165) is 11.3 Å². The van der Waals surface area contributed by atoms with E-state index in [4.69, 9.17) is 5.73 Å². The van der Waals surface area contributed by atoms with Crippen molar-refractivity contribution in [2.75, 3.05) is 5.73 Å². The Hall–Kier alpha value is -2.35. The number of nitrogens with zero attached hydrogens (tertiary/aromatic N) is 1. The van der Waals surface area contributed by atoms with E-state index in [1.165, 1.54) is 21.9 Å². The molecule has 2 heteroatoms. The largest absolute Gasteiger partial charge is 0.384 e. The molecule has 19 heavy (non-hydrogen) atoms. The molecule has 1 aromatic heterocycles. The van der Waals surface area contributed by atoms with E-state index in [1.54, 1.807) is 0 Å². The van der Waals surface area contributed by atoms with E-state index in [9.17, 15) is 0 Å². The molecule has 2 nitrogen and oxygen atoms in total. The van der Waals surface area contributed by atoms with E-state index in [1.807, 2.05) is 13.0 Å². The molecule has 0 saturated carbocycles. The molecule has 94 valence electrons. The van der Waals surface area contributed by atoms with Gasteiger partial charge in [0.05, 0.1) is 0 Å². The van der Waals surface area contributed by atoms with Crippen LogP contribution in [0.4, 0.5) is 5.82 Å². The van der Waals surface area contributed by atoms with Crippen LogP contribution >= 0.6 is 0 Å². The topological polar surface area (TPSA) is 38.9 Å². The predicted octanol–water partition coefficient (Wildman–Crippen LogP) is 4.10. The van der Waals surface area contributed by atoms with Crippen molar-refractivity contribution in [1.29, 1.82) is 0 Å². The molecule has 0 unspecified atom stereocenters. The number of hydrogen-bond donors (Lipinski definition) is 1. The lowest BCUT2D eigenvalue weighted by Crippen LogP contribution is -1.95. The molecule has 0 saturated heterocycles. The van der Waals surface area contributed by atoms with E-state index in [0.29, 0.717) is 5.82 Å². The number of nitrogen functional groups attached to an aromatic ring is 1. The van der Waals surface area contributed by atoms with E-state index >= 15 is 0 Å². The number of rotatable bonds is 1. The number of aromatic nitrogens is 1. The minimum absolute atomic E-state index is 0.567. The van der Waals surface area contributed by atoms with Crippen molar-refractivity contribution in [3.05, 3.63) is 59.8 Å². The van der Waals surface area contributed by atoms with Crippen LogP contribution in [0.2, 0.25) is 0 Å². The summed E-state index contributed by atoms with van der Waals surface area (Å²) >= 11 is 0. The highest BCUT2D eigenvalue weighted by Gasteiger charge is 2.08. The lowest BCUT2D eigenvalue weighted by molar-refractivity contribution is 1.21. The van der Waals surface area contributed by atoms with Crippen LogP contribution in [-0.4, -0.2) is 4.98 Å². The van der Waals surface area contributed by atoms with Crippen LogP contribution in [0.5, 0.6) is 0 Å². The number of pyridine rings is 1. The fraction of sp³-hybridized carbons (Fsp3) is 0.118. The third-order valence-corrected chi connectivity index (χ3v) is 3.54. The van der Waals surface area contributed by atoms with Gasteiger partial charge in [0.25, 0.3) is 0 Å². The fourth-order valence-corrected chi connectivity index (χ4v) is 2.55. The molecular formula is C17H16N2. The van der Waals surface area contributed by atoms with Gasteiger partial charge in [-0.2, -0.15) is 0 Å². The number of nitrogens with two attached hydrogens (primary N) is 1. The molecule has 0 aliphatic heterocycles. The van der Waals surface area contributed by atoms with Gasteiger partial charge in [-0.25, -0.2) is 4.98 Å². The van der Waals surface area contributed by atoms with Gasteiger partial charge in [0, 0.05) is 11.3 Å². The second-order valence-corrected chi connectivity index (χ2v) is 4.84. The minimum Gasteiger partial charge on any atom is -0.384 e. The van der Waals surface area contributed by atoms with Crippen LogP contribution in [0.15, 0.2) is 48.5 Å². The Labute approximate surface area is 112 Å². The van der Waals surface area contributed by atoms with Crippen LogP contribution in [-0.2, 0) is 0 Å². The van der Waals surface area contributed by atoms with Gasteiger partial charge in [-0.3, -0.25) is 0 Å². The number of anilines is 1. The van der Waals surface area contributed by atoms with Gasteiger partial charge >= 0.3 is 0 Å². The van der Waals surface area contributed by atoms with Crippen molar-refractivity contribution in [2.24, 2.45) is 0 Å². The molecule has 1 heterocycles. The zero-order chi connectivity index (χ0) is 13.4. The lowest BCUT2D eigenvalue weighted by Gasteiger charge is -2.11. The Bertz CT molecular complexity index is 760. The van der Waals surface area contributed by atoms with Crippen molar-refractivity contribution < 1.29 is 0 Å². The Morgan fingerprint density at radius 3 is 2.21 bits per heavy atom. The highest BCUT2D eigenvalue weighted by Crippen LogP contribution is 2.32. The van der Waals surface area contributed by atoms with Crippen LogP contribution in [0, 0.1) is 13.8 Å². The molecule has 0 radical (unpaired) electrons. The highest BCUT2D eigenvalue weighted by molar-refractivity contribution is 5.98. The van der Waals surface area contributed by atoms with Crippen molar-refractivity contribution in [1.82, 2.24) is 4.98 Å². The predicted molar refractivity (Wildman–Crippen MR) is 81.1 cm³/mol. The summed E-state index contributed by atoms with van der Waals surface area (Å²) < 4.78 is 0. The average Bonchev–Trinajstić information content (AvgIpc) is 2.41. The number of fused-ring (bicyclic) bond motifs is 1. The van der Waals surface area contributed by atoms with Gasteiger partial charge < -0.3 is 5.73 Å². The molecule has 0 fully saturated rings. The summed E-state index contributed by atoms with van der Waals surface area (Å²) in [6, 6.07) is 16.7. The molecule has 3 aromatic rings. The Morgan fingerprint density at radius 2 is 1.47 bits per heavy atom. The van der Waals surface area contributed by atoms with Crippen LogP contribution in [0.3, 0.4) is 0 Å². The molecule has 0 spiro atoms. The first-order valence-electron chi connectivity index (χ1n) is 6.38. The molecule has 0 aliphatic rings. The van der Waals surface area contributed by atoms with Gasteiger partial charge in [0.2, 0.25) is 0 Å². The molecule has 2 aromatic carbocycles. The van der Waals surface area contributed by atoms with Gasteiger partial charge in [-0.05, 0) is 47.9 Å². The zero-order valence-corrected chi connectivity index (χ0v) is 11.1. The minimum atomic E-state index is 0.567. The summed E-state index contributed by atoms with van der Waals surface area (Å²) in [5.41, 5.74) is 10.3. The number of aryl methyl sites for hydroxylation is 2. The van der Waals surface area contributed by atoms with Gasteiger partial charge in [-0.1, -0.05) is 36.4 Å². The first-order valence-corrected chi connectivity index (χ1v) is 6.38. The number of hydrogen-bond acceptors (Lipinski definition) is 2. The summed E-state index contributed by atoms with van der Waals surface area (Å²) in [5, 5.41) is 2.55. The maximum Gasteiger partial charge on any atom is 0.123 e. The SMILES string of the molecule is Cc1nc(N)ccc1-c1ccc(C)c2ccccc12. The van der Waals surface area contributed by atoms with Crippen LogP contribution in [0.25, 0.3) is 21.9 Å². The molecule has 0 bridgehead atoms. The molecule has 0 aliphatic carbocycles. The van der Waals surface area contributed by atoms with E-state index in [-0.39, 0.29) is 0 Å². The van der Waals surface area contributed by atoms with Gasteiger partial charge in [0.15, 0.2) is 0 Å². The Balaban J connectivity index is 2.34. The summed E-state index contributed by atoms with van der Waals surface area (Å²) in [7, 11) is 0. The molecule has 0 amide bonds. The van der Waals surface area contributed by atoms with Gasteiger partial charge in [0.1, 0.15) is 5.82 Å². The first-order chi connectivity index (χ1) is 9.16. The maximum atomic E-state index is 5.73. The van der Waals surface area contributed by atoms with Crippen molar-refractivity contribution in [3.8, 4) is 11.1 Å². The quantitative estimate of drug-likeness (QED) is 0.704. The summed E-state index contributed by atoms with van der Waals surface area (Å²) in [6.45, 7) is 4.14. The van der Waals surface area contributed by atoms with Crippen LogP contribution < -0.4 is 5.73 Å². The first kappa shape index (κ1) is 11.7. The van der Waals surface area contributed by atoms with Gasteiger partial charge in [-0.15, -0.1) is 0 Å². The third-order valence-electron chi connectivity index (χ3n) is 3.54. The van der Waals surface area contributed by atoms with Crippen LogP contribution in [0.1, 0.15) is 11.3 Å². The molecular weight excluding hydrogens is 232 g/mol. The Kier molecular flexibility index (Phi) is 2.71. The summed E-state index contributed by atoms with van der Waals surface area (Å²) in [6.07, 6.45) is 0. The van der Waals surface area contributed by atoms with Crippen molar-refractivity contribution in [3.63, 3.8) is 0 Å². The standard InChI is InChI=1S/C17H16N2/c1-11-7-8-16(15-6-4-3-5-13(11)15)14-9-10-17(18)19-12(14)2/h3-10H,1-2H3,(H2,18,19). The highest BCUT2D eigenvalue weighted by atomic mass is 14.8. The smallest absolute Gasteiger partial charge is 0.123 e. The van der Waals surface area contributed by atoms with E-state index in [2.05, 4.69) is 54.4 Å². The monoisotopic (exact) mass is 248 g/mol. The molecule has 2 N–H and O–H groups in total. The van der Waals surface area contributed by atoms with Crippen molar-refractivity contribution >= 4 is 16.6 Å². The third kappa shape index (κ3) is 1.95. The second-order valence-electron chi connectivity index (χ2n) is 4.84. The summed E-state index contributed by atoms with van der Waals surface area (Å²) in [5.74, 6) is 0.567. The maximum absolute atomic E-state index is 5.73. The molecule has 0 atom stereocenters. The normalized spacial score (nSPS) is 10.8. The molecule has 3 rings (SSSR count). The number of benzene rings is 2. The summed E-state index contributed by atoms with van der Waals surface area (Å²) in [4.78, 5) is 4.36. The zero-order valence-electron chi connectivity index (χ0n) is 11.1. The lowest BCUT2D eigenvalue weighted by atomic mass is 9.95. The van der Waals surface area contributed by atoms with Crippen molar-refractivity contribution in [2.45, 2.75) is 13.8 Å². The average molecular weight is 248 g/mol. The van der Waals surface area contributed by atoms with E-state index < -0.39 is 0 Å².